The predicted molar refractivity (Wildman–Crippen MR) is 104 cm³/mol. The smallest absolute Gasteiger partial charge is 0.248 e. The Bertz CT molecular complexity index is 990. The highest BCUT2D eigenvalue weighted by atomic mass is 35.5. The van der Waals surface area contributed by atoms with Gasteiger partial charge in [-0.05, 0) is 12.1 Å². The van der Waals surface area contributed by atoms with Crippen LogP contribution in [0.3, 0.4) is 0 Å². The molecule has 0 bridgehead atoms. The minimum Gasteiger partial charge on any atom is -0.273 e. The van der Waals surface area contributed by atoms with Gasteiger partial charge in [-0.2, -0.15) is 5.10 Å². The first-order chi connectivity index (χ1) is 13.0. The molecule has 2 aromatic heterocycles. The van der Waals surface area contributed by atoms with E-state index in [1.807, 2.05) is 18.2 Å². The standard InChI is InChI=1S/C17H17ClN6O2S/c1-10(2)16(26)23-22-14(25)8-27-17-11-7-21-24(15(11)19-9-20-17)13-6-4-3-5-12(13)18/h3-7,9-10H,8H2,1-2H3,(H,22,25)(H,23,26). The zero-order chi connectivity index (χ0) is 19.4. The molecule has 27 heavy (non-hydrogen) atoms. The molecule has 3 rings (SSSR count). The quantitative estimate of drug-likeness (QED) is 0.384. The molecular weight excluding hydrogens is 388 g/mol. The highest BCUT2D eigenvalue weighted by Gasteiger charge is 2.15. The minimum atomic E-state index is -0.334. The van der Waals surface area contributed by atoms with Crippen molar-refractivity contribution in [2.45, 2.75) is 18.9 Å². The lowest BCUT2D eigenvalue weighted by Gasteiger charge is -2.09. The van der Waals surface area contributed by atoms with Crippen LogP contribution in [0.2, 0.25) is 5.02 Å². The van der Waals surface area contributed by atoms with Crippen molar-refractivity contribution in [3.05, 3.63) is 41.8 Å². The molecule has 10 heteroatoms. The van der Waals surface area contributed by atoms with E-state index >= 15 is 0 Å². The summed E-state index contributed by atoms with van der Waals surface area (Å²) in [6.45, 7) is 3.48. The third kappa shape index (κ3) is 4.37. The lowest BCUT2D eigenvalue weighted by molar-refractivity contribution is -0.129. The number of nitrogens with one attached hydrogen (secondary N) is 2. The largest absolute Gasteiger partial charge is 0.273 e. The molecule has 0 unspecified atom stereocenters. The first-order valence-corrected chi connectivity index (χ1v) is 9.49. The van der Waals surface area contributed by atoms with Crippen LogP contribution < -0.4 is 10.9 Å². The highest BCUT2D eigenvalue weighted by molar-refractivity contribution is 8.00. The fraction of sp³-hybridized carbons (Fsp3) is 0.235. The van der Waals surface area contributed by atoms with E-state index in [9.17, 15) is 9.59 Å². The Morgan fingerprint density at radius 2 is 2.00 bits per heavy atom. The van der Waals surface area contributed by atoms with Gasteiger partial charge in [0.05, 0.1) is 28.0 Å². The van der Waals surface area contributed by atoms with E-state index in [1.54, 1.807) is 30.8 Å². The van der Waals surface area contributed by atoms with Crippen molar-refractivity contribution in [3.63, 3.8) is 0 Å². The molecule has 0 radical (unpaired) electrons. The van der Waals surface area contributed by atoms with Gasteiger partial charge in [-0.25, -0.2) is 14.6 Å². The van der Waals surface area contributed by atoms with Gasteiger partial charge < -0.3 is 0 Å². The Kier molecular flexibility index (Phi) is 5.92. The molecule has 2 heterocycles. The van der Waals surface area contributed by atoms with E-state index in [1.165, 1.54) is 18.1 Å². The van der Waals surface area contributed by atoms with Crippen molar-refractivity contribution in [1.82, 2.24) is 30.6 Å². The summed E-state index contributed by atoms with van der Waals surface area (Å²) < 4.78 is 1.63. The number of aromatic nitrogens is 4. The van der Waals surface area contributed by atoms with Gasteiger partial charge in [0.15, 0.2) is 5.65 Å². The third-order valence-corrected chi connectivity index (χ3v) is 4.92. The Balaban J connectivity index is 1.74. The number of hydrazine groups is 1. The SMILES string of the molecule is CC(C)C(=O)NNC(=O)CSc1ncnc2c1cnn2-c1ccccc1Cl. The zero-order valence-electron chi connectivity index (χ0n) is 14.6. The van der Waals surface area contributed by atoms with Gasteiger partial charge in [0, 0.05) is 5.92 Å². The lowest BCUT2D eigenvalue weighted by Crippen LogP contribution is -2.44. The summed E-state index contributed by atoms with van der Waals surface area (Å²) in [4.78, 5) is 31.9. The van der Waals surface area contributed by atoms with Crippen LogP contribution in [-0.4, -0.2) is 37.3 Å². The van der Waals surface area contributed by atoms with Crippen molar-refractivity contribution in [3.8, 4) is 5.69 Å². The molecule has 0 saturated heterocycles. The van der Waals surface area contributed by atoms with E-state index < -0.39 is 0 Å². The van der Waals surface area contributed by atoms with Crippen LogP contribution >= 0.6 is 23.4 Å². The second-order valence-electron chi connectivity index (χ2n) is 5.90. The average Bonchev–Trinajstić information content (AvgIpc) is 3.09. The molecule has 0 saturated carbocycles. The molecule has 2 N–H and O–H groups in total. The number of rotatable bonds is 5. The number of fused-ring (bicyclic) bond motifs is 1. The summed E-state index contributed by atoms with van der Waals surface area (Å²) in [5.74, 6) is -0.713. The summed E-state index contributed by atoms with van der Waals surface area (Å²) in [5, 5.41) is 6.23. The number of benzene rings is 1. The zero-order valence-corrected chi connectivity index (χ0v) is 16.2. The molecule has 0 aliphatic heterocycles. The van der Waals surface area contributed by atoms with E-state index in [0.29, 0.717) is 26.8 Å². The summed E-state index contributed by atoms with van der Waals surface area (Å²) in [5.41, 5.74) is 6.05. The van der Waals surface area contributed by atoms with Crippen LogP contribution in [0.25, 0.3) is 16.7 Å². The second kappa shape index (κ2) is 8.36. The number of halogens is 1. The van der Waals surface area contributed by atoms with Crippen molar-refractivity contribution in [2.24, 2.45) is 5.92 Å². The number of hydrogen-bond donors (Lipinski definition) is 2. The molecule has 1 aromatic carbocycles. The average molecular weight is 405 g/mol. The molecule has 0 fully saturated rings. The van der Waals surface area contributed by atoms with E-state index in [4.69, 9.17) is 11.6 Å². The van der Waals surface area contributed by atoms with Crippen molar-refractivity contribution >= 4 is 46.2 Å². The predicted octanol–water partition coefficient (Wildman–Crippen LogP) is 2.36. The molecule has 2 amide bonds. The van der Waals surface area contributed by atoms with Crippen molar-refractivity contribution < 1.29 is 9.59 Å². The van der Waals surface area contributed by atoms with Gasteiger partial charge in [0.25, 0.3) is 0 Å². The van der Waals surface area contributed by atoms with E-state index in [0.717, 1.165) is 0 Å². The van der Waals surface area contributed by atoms with Crippen LogP contribution in [0.15, 0.2) is 41.8 Å². The summed E-state index contributed by atoms with van der Waals surface area (Å²) in [6, 6.07) is 7.32. The first kappa shape index (κ1) is 19.1. The van der Waals surface area contributed by atoms with Crippen LogP contribution in [-0.2, 0) is 9.59 Å². The summed E-state index contributed by atoms with van der Waals surface area (Å²) >= 11 is 7.47. The molecule has 3 aromatic rings. The van der Waals surface area contributed by atoms with Gasteiger partial charge in [-0.3, -0.25) is 20.4 Å². The highest BCUT2D eigenvalue weighted by Crippen LogP contribution is 2.27. The maximum absolute atomic E-state index is 11.9. The molecule has 0 atom stereocenters. The lowest BCUT2D eigenvalue weighted by atomic mass is 10.2. The normalized spacial score (nSPS) is 11.0. The molecule has 0 aliphatic rings. The summed E-state index contributed by atoms with van der Waals surface area (Å²) in [7, 11) is 0. The van der Waals surface area contributed by atoms with Crippen LogP contribution in [0.1, 0.15) is 13.8 Å². The number of hydrogen-bond acceptors (Lipinski definition) is 6. The van der Waals surface area contributed by atoms with Crippen LogP contribution in [0, 0.1) is 5.92 Å². The van der Waals surface area contributed by atoms with Crippen molar-refractivity contribution in [2.75, 3.05) is 5.75 Å². The molecule has 8 nitrogen and oxygen atoms in total. The van der Waals surface area contributed by atoms with Crippen molar-refractivity contribution in [1.29, 1.82) is 0 Å². The van der Waals surface area contributed by atoms with Gasteiger partial charge in [-0.15, -0.1) is 0 Å². The third-order valence-electron chi connectivity index (χ3n) is 3.60. The van der Waals surface area contributed by atoms with Crippen LogP contribution in [0.4, 0.5) is 0 Å². The maximum Gasteiger partial charge on any atom is 0.248 e. The first-order valence-electron chi connectivity index (χ1n) is 8.12. The molecular formula is C17H17ClN6O2S. The summed E-state index contributed by atoms with van der Waals surface area (Å²) in [6.07, 6.45) is 3.05. The number of amides is 2. The van der Waals surface area contributed by atoms with Gasteiger partial charge in [-0.1, -0.05) is 49.3 Å². The monoisotopic (exact) mass is 404 g/mol. The van der Waals surface area contributed by atoms with Gasteiger partial charge >= 0.3 is 0 Å². The Hall–Kier alpha value is -2.65. The minimum absolute atomic E-state index is 0.0851. The Morgan fingerprint density at radius 1 is 1.22 bits per heavy atom. The fourth-order valence-corrected chi connectivity index (χ4v) is 3.16. The Morgan fingerprint density at radius 3 is 2.74 bits per heavy atom. The number of carbonyl (C=O) groups excluding carboxylic acids is 2. The van der Waals surface area contributed by atoms with Crippen LogP contribution in [0.5, 0.6) is 0 Å². The molecule has 0 aliphatic carbocycles. The number of para-hydroxylation sites is 1. The fourth-order valence-electron chi connectivity index (χ4n) is 2.18. The number of nitrogens with zero attached hydrogens (tertiary/aromatic N) is 4. The number of carbonyl (C=O) groups is 2. The maximum atomic E-state index is 11.9. The van der Waals surface area contributed by atoms with E-state index in [-0.39, 0.29) is 23.5 Å². The van der Waals surface area contributed by atoms with Gasteiger partial charge in [0.2, 0.25) is 11.8 Å². The Labute approximate surface area is 164 Å². The van der Waals surface area contributed by atoms with Gasteiger partial charge in [0.1, 0.15) is 11.4 Å². The molecule has 140 valence electrons. The second-order valence-corrected chi connectivity index (χ2v) is 7.28. The van der Waals surface area contributed by atoms with E-state index in [2.05, 4.69) is 25.9 Å². The molecule has 0 spiro atoms. The topological polar surface area (TPSA) is 102 Å². The number of thioether (sulfide) groups is 1.